The fraction of sp³-hybridized carbons (Fsp3) is 0.600. The lowest BCUT2D eigenvalue weighted by molar-refractivity contribution is -0.115. The van der Waals surface area contributed by atoms with Crippen molar-refractivity contribution in [1.29, 1.82) is 0 Å². The Labute approximate surface area is 82.9 Å². The molecular weight excluding hydrogens is 184 g/mol. The van der Waals surface area contributed by atoms with E-state index >= 15 is 0 Å². The first-order valence-electron chi connectivity index (χ1n) is 4.47. The maximum Gasteiger partial charge on any atom is 0.509 e. The summed E-state index contributed by atoms with van der Waals surface area (Å²) in [4.78, 5) is 21.9. The minimum absolute atomic E-state index is 0.0291. The Morgan fingerprint density at radius 2 is 2.14 bits per heavy atom. The van der Waals surface area contributed by atoms with Gasteiger partial charge in [-0.1, -0.05) is 0 Å². The Hall–Kier alpha value is -1.32. The average molecular weight is 198 g/mol. The van der Waals surface area contributed by atoms with E-state index in [1.54, 1.807) is 26.8 Å². The van der Waals surface area contributed by atoms with Crippen LogP contribution in [0.1, 0.15) is 27.2 Å². The lowest BCUT2D eigenvalue weighted by Crippen LogP contribution is -2.26. The first-order chi connectivity index (χ1) is 6.37. The minimum Gasteiger partial charge on any atom is -0.429 e. The Kier molecular flexibility index (Phi) is 2.93. The number of ether oxygens (including phenoxy) is 2. The smallest absolute Gasteiger partial charge is 0.429 e. The quantitative estimate of drug-likeness (QED) is 0.603. The molecule has 0 heterocycles. The zero-order valence-electron chi connectivity index (χ0n) is 8.57. The van der Waals surface area contributed by atoms with E-state index in [-0.39, 0.29) is 12.2 Å². The van der Waals surface area contributed by atoms with Crippen LogP contribution >= 0.6 is 0 Å². The molecule has 0 aliphatic heterocycles. The molecule has 0 spiro atoms. The van der Waals surface area contributed by atoms with Crippen LogP contribution in [0.25, 0.3) is 0 Å². The number of carbonyl (C=O) groups is 2. The molecule has 0 saturated carbocycles. The molecule has 1 aliphatic rings. The number of hydrogen-bond acceptors (Lipinski definition) is 4. The zero-order valence-corrected chi connectivity index (χ0v) is 8.57. The van der Waals surface area contributed by atoms with Crippen LogP contribution in [-0.2, 0) is 14.3 Å². The Bertz CT molecular complexity index is 272. The van der Waals surface area contributed by atoms with Gasteiger partial charge in [0.2, 0.25) is 0 Å². The van der Waals surface area contributed by atoms with Crippen molar-refractivity contribution >= 4 is 11.9 Å². The van der Waals surface area contributed by atoms with Crippen molar-refractivity contribution in [3.05, 3.63) is 12.2 Å². The molecule has 78 valence electrons. The molecule has 14 heavy (non-hydrogen) atoms. The van der Waals surface area contributed by atoms with Gasteiger partial charge in [-0.2, -0.15) is 0 Å². The SMILES string of the molecule is CC(C)(C)OC(=O)OC1C=CC(=O)C1. The maximum absolute atomic E-state index is 11.1. The standard InChI is InChI=1S/C10H14O4/c1-10(2,3)14-9(12)13-8-5-4-7(11)6-8/h4-5,8H,6H2,1-3H3. The molecule has 0 aromatic heterocycles. The van der Waals surface area contributed by atoms with E-state index in [1.165, 1.54) is 6.08 Å². The molecule has 0 radical (unpaired) electrons. The number of carbonyl (C=O) groups excluding carboxylic acids is 2. The average Bonchev–Trinajstić information content (AvgIpc) is 2.30. The van der Waals surface area contributed by atoms with Gasteiger partial charge < -0.3 is 9.47 Å². The van der Waals surface area contributed by atoms with Gasteiger partial charge in [0, 0.05) is 0 Å². The molecule has 0 bridgehead atoms. The van der Waals surface area contributed by atoms with E-state index in [9.17, 15) is 9.59 Å². The van der Waals surface area contributed by atoms with E-state index in [2.05, 4.69) is 0 Å². The van der Waals surface area contributed by atoms with Gasteiger partial charge in [0.1, 0.15) is 11.7 Å². The third-order valence-electron chi connectivity index (χ3n) is 1.54. The molecule has 0 amide bonds. The van der Waals surface area contributed by atoms with E-state index in [0.717, 1.165) is 0 Å². The van der Waals surface area contributed by atoms with Gasteiger partial charge in [-0.3, -0.25) is 4.79 Å². The summed E-state index contributed by atoms with van der Waals surface area (Å²) in [5.74, 6) is -0.0291. The molecular formula is C10H14O4. The van der Waals surface area contributed by atoms with Crippen molar-refractivity contribution in [2.24, 2.45) is 0 Å². The van der Waals surface area contributed by atoms with Crippen molar-refractivity contribution in [2.45, 2.75) is 38.9 Å². The molecule has 0 saturated heterocycles. The van der Waals surface area contributed by atoms with Gasteiger partial charge in [-0.25, -0.2) is 4.79 Å². The second-order valence-corrected chi connectivity index (χ2v) is 4.15. The highest BCUT2D eigenvalue weighted by molar-refractivity contribution is 5.92. The molecule has 4 nitrogen and oxygen atoms in total. The second kappa shape index (κ2) is 3.82. The maximum atomic E-state index is 11.1. The summed E-state index contributed by atoms with van der Waals surface area (Å²) >= 11 is 0. The van der Waals surface area contributed by atoms with Crippen LogP contribution in [0.15, 0.2) is 12.2 Å². The van der Waals surface area contributed by atoms with E-state index in [4.69, 9.17) is 9.47 Å². The Balaban J connectivity index is 2.35. The van der Waals surface area contributed by atoms with Crippen LogP contribution in [0.5, 0.6) is 0 Å². The molecule has 1 rings (SSSR count). The molecule has 1 aliphatic carbocycles. The van der Waals surface area contributed by atoms with Gasteiger partial charge in [-0.15, -0.1) is 0 Å². The van der Waals surface area contributed by atoms with Gasteiger partial charge in [0.05, 0.1) is 6.42 Å². The molecule has 0 N–H and O–H groups in total. The number of allylic oxidation sites excluding steroid dienone is 1. The fourth-order valence-corrected chi connectivity index (χ4v) is 1.03. The predicted molar refractivity (Wildman–Crippen MR) is 49.9 cm³/mol. The highest BCUT2D eigenvalue weighted by Crippen LogP contribution is 2.14. The van der Waals surface area contributed by atoms with Crippen molar-refractivity contribution in [2.75, 3.05) is 0 Å². The van der Waals surface area contributed by atoms with Crippen molar-refractivity contribution in [3.8, 4) is 0 Å². The topological polar surface area (TPSA) is 52.6 Å². The molecule has 1 atom stereocenters. The second-order valence-electron chi connectivity index (χ2n) is 4.15. The number of ketones is 1. The van der Waals surface area contributed by atoms with Crippen LogP contribution in [0, 0.1) is 0 Å². The third kappa shape index (κ3) is 3.60. The van der Waals surface area contributed by atoms with E-state index in [1.807, 2.05) is 0 Å². The highest BCUT2D eigenvalue weighted by Gasteiger charge is 2.23. The first kappa shape index (κ1) is 10.8. The summed E-state index contributed by atoms with van der Waals surface area (Å²) in [5.41, 5.74) is -0.566. The number of rotatable bonds is 1. The zero-order chi connectivity index (χ0) is 10.8. The van der Waals surface area contributed by atoms with Crippen LogP contribution in [-0.4, -0.2) is 23.6 Å². The molecule has 0 aromatic carbocycles. The lowest BCUT2D eigenvalue weighted by atomic mass is 10.2. The highest BCUT2D eigenvalue weighted by atomic mass is 16.7. The summed E-state index contributed by atoms with van der Waals surface area (Å²) < 4.78 is 9.82. The van der Waals surface area contributed by atoms with Crippen LogP contribution in [0.4, 0.5) is 4.79 Å². The summed E-state index contributed by atoms with van der Waals surface area (Å²) in [6.07, 6.45) is 2.00. The van der Waals surface area contributed by atoms with Gasteiger partial charge in [-0.05, 0) is 32.9 Å². The normalized spacial score (nSPS) is 21.1. The van der Waals surface area contributed by atoms with Gasteiger partial charge >= 0.3 is 6.16 Å². The Morgan fingerprint density at radius 3 is 2.57 bits per heavy atom. The number of hydrogen-bond donors (Lipinski definition) is 0. The van der Waals surface area contributed by atoms with Gasteiger partial charge in [0.25, 0.3) is 0 Å². The summed E-state index contributed by atoms with van der Waals surface area (Å²) in [6.45, 7) is 5.26. The Morgan fingerprint density at radius 1 is 1.50 bits per heavy atom. The van der Waals surface area contributed by atoms with E-state index < -0.39 is 17.9 Å². The van der Waals surface area contributed by atoms with Crippen LogP contribution < -0.4 is 0 Å². The molecule has 0 fully saturated rings. The minimum atomic E-state index is -0.734. The summed E-state index contributed by atoms with van der Waals surface area (Å²) in [7, 11) is 0. The summed E-state index contributed by atoms with van der Waals surface area (Å²) in [5, 5.41) is 0. The third-order valence-corrected chi connectivity index (χ3v) is 1.54. The first-order valence-corrected chi connectivity index (χ1v) is 4.47. The monoisotopic (exact) mass is 198 g/mol. The fourth-order valence-electron chi connectivity index (χ4n) is 1.03. The molecule has 0 aromatic rings. The largest absolute Gasteiger partial charge is 0.509 e. The molecule has 1 unspecified atom stereocenters. The van der Waals surface area contributed by atoms with Crippen molar-refractivity contribution < 1.29 is 19.1 Å². The molecule has 4 heteroatoms. The van der Waals surface area contributed by atoms with E-state index in [0.29, 0.717) is 0 Å². The summed E-state index contributed by atoms with van der Waals surface area (Å²) in [6, 6.07) is 0. The lowest BCUT2D eigenvalue weighted by Gasteiger charge is -2.20. The van der Waals surface area contributed by atoms with Crippen molar-refractivity contribution in [3.63, 3.8) is 0 Å². The van der Waals surface area contributed by atoms with Gasteiger partial charge in [0.15, 0.2) is 5.78 Å². The van der Waals surface area contributed by atoms with Crippen LogP contribution in [0.2, 0.25) is 0 Å². The van der Waals surface area contributed by atoms with Crippen LogP contribution in [0.3, 0.4) is 0 Å². The predicted octanol–water partition coefficient (Wildman–Crippen LogP) is 1.84. The van der Waals surface area contributed by atoms with Crippen molar-refractivity contribution in [1.82, 2.24) is 0 Å².